The molecule has 100 valence electrons. The van der Waals surface area contributed by atoms with Crippen LogP contribution in [0.1, 0.15) is 5.56 Å². The molecule has 2 rings (SSSR count). The lowest BCUT2D eigenvalue weighted by molar-refractivity contribution is 0.330. The third-order valence-electron chi connectivity index (χ3n) is 2.65. The van der Waals surface area contributed by atoms with Crippen LogP contribution in [-0.4, -0.2) is 13.2 Å². The fourth-order valence-corrected chi connectivity index (χ4v) is 2.60. The molecular formula is C15H15Br2NO. The van der Waals surface area contributed by atoms with Gasteiger partial charge in [-0.05, 0) is 48.9 Å². The van der Waals surface area contributed by atoms with E-state index in [4.69, 9.17) is 4.74 Å². The first-order chi connectivity index (χ1) is 9.15. The molecule has 2 nitrogen and oxygen atoms in total. The van der Waals surface area contributed by atoms with Crippen molar-refractivity contribution in [3.8, 4) is 5.75 Å². The van der Waals surface area contributed by atoms with Crippen LogP contribution in [0.15, 0.2) is 51.4 Å². The van der Waals surface area contributed by atoms with Crippen molar-refractivity contribution in [2.45, 2.75) is 6.92 Å². The summed E-state index contributed by atoms with van der Waals surface area (Å²) in [6, 6.07) is 14.1. The van der Waals surface area contributed by atoms with Crippen LogP contribution in [0.4, 0.5) is 5.69 Å². The van der Waals surface area contributed by atoms with E-state index in [-0.39, 0.29) is 0 Å². The maximum absolute atomic E-state index is 5.75. The summed E-state index contributed by atoms with van der Waals surface area (Å²) in [5.74, 6) is 0.930. The molecule has 4 heteroatoms. The normalized spacial score (nSPS) is 10.3. The number of anilines is 1. The fraction of sp³-hybridized carbons (Fsp3) is 0.200. The second-order valence-electron chi connectivity index (χ2n) is 4.20. The van der Waals surface area contributed by atoms with Gasteiger partial charge in [-0.2, -0.15) is 0 Å². The third kappa shape index (κ3) is 4.55. The van der Waals surface area contributed by atoms with Gasteiger partial charge < -0.3 is 10.1 Å². The number of nitrogens with one attached hydrogen (secondary N) is 1. The number of rotatable bonds is 5. The predicted octanol–water partition coefficient (Wildman–Crippen LogP) is 5.01. The number of hydrogen-bond donors (Lipinski definition) is 1. The highest BCUT2D eigenvalue weighted by Crippen LogP contribution is 2.22. The molecule has 0 aliphatic heterocycles. The number of benzene rings is 2. The van der Waals surface area contributed by atoms with Crippen LogP contribution >= 0.6 is 31.9 Å². The quantitative estimate of drug-likeness (QED) is 0.731. The molecule has 0 spiro atoms. The zero-order valence-corrected chi connectivity index (χ0v) is 13.8. The molecule has 0 aromatic heterocycles. The Labute approximate surface area is 130 Å². The summed E-state index contributed by atoms with van der Waals surface area (Å²) in [4.78, 5) is 0. The van der Waals surface area contributed by atoms with Crippen LogP contribution in [0, 0.1) is 6.92 Å². The minimum absolute atomic E-state index is 0.634. The Kier molecular flexibility index (Phi) is 5.28. The molecule has 0 unspecified atom stereocenters. The smallest absolute Gasteiger partial charge is 0.122 e. The van der Waals surface area contributed by atoms with E-state index in [2.05, 4.69) is 43.2 Å². The molecule has 0 heterocycles. The van der Waals surface area contributed by atoms with E-state index in [0.29, 0.717) is 6.61 Å². The first kappa shape index (κ1) is 14.4. The minimum atomic E-state index is 0.634. The SMILES string of the molecule is Cc1cc(Br)ccc1OCCNc1cccc(Br)c1. The van der Waals surface area contributed by atoms with E-state index < -0.39 is 0 Å². The van der Waals surface area contributed by atoms with Crippen molar-refractivity contribution in [2.75, 3.05) is 18.5 Å². The maximum Gasteiger partial charge on any atom is 0.122 e. The number of halogens is 2. The summed E-state index contributed by atoms with van der Waals surface area (Å²) in [7, 11) is 0. The third-order valence-corrected chi connectivity index (χ3v) is 3.64. The van der Waals surface area contributed by atoms with Crippen LogP contribution in [0.25, 0.3) is 0 Å². The summed E-state index contributed by atoms with van der Waals surface area (Å²) in [6.45, 7) is 3.45. The zero-order valence-electron chi connectivity index (χ0n) is 10.6. The summed E-state index contributed by atoms with van der Waals surface area (Å²) in [6.07, 6.45) is 0. The average Bonchev–Trinajstić information content (AvgIpc) is 2.37. The van der Waals surface area contributed by atoms with Gasteiger partial charge in [0, 0.05) is 21.2 Å². The van der Waals surface area contributed by atoms with Crippen molar-refractivity contribution in [1.29, 1.82) is 0 Å². The van der Waals surface area contributed by atoms with Gasteiger partial charge >= 0.3 is 0 Å². The lowest BCUT2D eigenvalue weighted by Crippen LogP contribution is -2.11. The van der Waals surface area contributed by atoms with E-state index in [1.165, 1.54) is 0 Å². The lowest BCUT2D eigenvalue weighted by atomic mass is 10.2. The Morgan fingerprint density at radius 3 is 2.58 bits per heavy atom. The van der Waals surface area contributed by atoms with Crippen molar-refractivity contribution in [3.63, 3.8) is 0 Å². The highest BCUT2D eigenvalue weighted by atomic mass is 79.9. The van der Waals surface area contributed by atoms with Crippen LogP contribution in [0.2, 0.25) is 0 Å². The Hall–Kier alpha value is -1.000. The Morgan fingerprint density at radius 1 is 1.05 bits per heavy atom. The van der Waals surface area contributed by atoms with Crippen molar-refractivity contribution < 1.29 is 4.74 Å². The van der Waals surface area contributed by atoms with Gasteiger partial charge in [0.2, 0.25) is 0 Å². The second-order valence-corrected chi connectivity index (χ2v) is 6.03. The summed E-state index contributed by atoms with van der Waals surface area (Å²) in [5, 5.41) is 3.32. The van der Waals surface area contributed by atoms with E-state index in [0.717, 1.165) is 32.5 Å². The largest absolute Gasteiger partial charge is 0.491 e. The Morgan fingerprint density at radius 2 is 1.84 bits per heavy atom. The number of aryl methyl sites for hydroxylation is 1. The van der Waals surface area contributed by atoms with Crippen molar-refractivity contribution in [3.05, 3.63) is 57.0 Å². The molecule has 0 aliphatic rings. The number of hydrogen-bond acceptors (Lipinski definition) is 2. The van der Waals surface area contributed by atoms with Crippen LogP contribution in [-0.2, 0) is 0 Å². The van der Waals surface area contributed by atoms with Gasteiger partial charge in [0.15, 0.2) is 0 Å². The lowest BCUT2D eigenvalue weighted by Gasteiger charge is -2.11. The van der Waals surface area contributed by atoms with Gasteiger partial charge in [0.05, 0.1) is 0 Å². The van der Waals surface area contributed by atoms with Crippen molar-refractivity contribution in [2.24, 2.45) is 0 Å². The standard InChI is InChI=1S/C15H15Br2NO/c1-11-9-13(17)5-6-15(11)19-8-7-18-14-4-2-3-12(16)10-14/h2-6,9-10,18H,7-8H2,1H3. The topological polar surface area (TPSA) is 21.3 Å². The predicted molar refractivity (Wildman–Crippen MR) is 87.0 cm³/mol. The van der Waals surface area contributed by atoms with Crippen molar-refractivity contribution in [1.82, 2.24) is 0 Å². The van der Waals surface area contributed by atoms with Gasteiger partial charge in [-0.25, -0.2) is 0 Å². The molecular weight excluding hydrogens is 370 g/mol. The second kappa shape index (κ2) is 6.96. The van der Waals surface area contributed by atoms with Crippen LogP contribution < -0.4 is 10.1 Å². The average molecular weight is 385 g/mol. The zero-order chi connectivity index (χ0) is 13.7. The fourth-order valence-electron chi connectivity index (χ4n) is 1.73. The first-order valence-corrected chi connectivity index (χ1v) is 7.62. The monoisotopic (exact) mass is 383 g/mol. The molecule has 0 saturated carbocycles. The highest BCUT2D eigenvalue weighted by molar-refractivity contribution is 9.10. The maximum atomic E-state index is 5.75. The van der Waals surface area contributed by atoms with E-state index in [1.807, 2.05) is 43.3 Å². The van der Waals surface area contributed by atoms with E-state index in [1.54, 1.807) is 0 Å². The van der Waals surface area contributed by atoms with E-state index in [9.17, 15) is 0 Å². The van der Waals surface area contributed by atoms with Gasteiger partial charge in [-0.15, -0.1) is 0 Å². The van der Waals surface area contributed by atoms with Crippen LogP contribution in [0.3, 0.4) is 0 Å². The highest BCUT2D eigenvalue weighted by Gasteiger charge is 2.00. The molecule has 0 fully saturated rings. The van der Waals surface area contributed by atoms with Gasteiger partial charge in [0.1, 0.15) is 12.4 Å². The first-order valence-electron chi connectivity index (χ1n) is 6.03. The summed E-state index contributed by atoms with van der Waals surface area (Å²) < 4.78 is 7.89. The molecule has 0 atom stereocenters. The van der Waals surface area contributed by atoms with Gasteiger partial charge in [0.25, 0.3) is 0 Å². The van der Waals surface area contributed by atoms with Crippen LogP contribution in [0.5, 0.6) is 5.75 Å². The molecule has 0 radical (unpaired) electrons. The Balaban J connectivity index is 1.81. The number of ether oxygens (including phenoxy) is 1. The molecule has 0 bridgehead atoms. The molecule has 2 aromatic carbocycles. The molecule has 19 heavy (non-hydrogen) atoms. The van der Waals surface area contributed by atoms with Gasteiger partial charge in [-0.1, -0.05) is 37.9 Å². The molecule has 2 aromatic rings. The summed E-state index contributed by atoms with van der Waals surface area (Å²) >= 11 is 6.89. The molecule has 0 aliphatic carbocycles. The molecule has 0 amide bonds. The van der Waals surface area contributed by atoms with Crippen molar-refractivity contribution >= 4 is 37.5 Å². The summed E-state index contributed by atoms with van der Waals surface area (Å²) in [5.41, 5.74) is 2.22. The van der Waals surface area contributed by atoms with E-state index >= 15 is 0 Å². The van der Waals surface area contributed by atoms with Gasteiger partial charge in [-0.3, -0.25) is 0 Å². The molecule has 1 N–H and O–H groups in total. The Bertz CT molecular complexity index is 558. The minimum Gasteiger partial charge on any atom is -0.491 e. The molecule has 0 saturated heterocycles.